The summed E-state index contributed by atoms with van der Waals surface area (Å²) in [6.45, 7) is 5.86. The van der Waals surface area contributed by atoms with Crippen molar-refractivity contribution in [3.63, 3.8) is 0 Å². The Bertz CT molecular complexity index is 628. The van der Waals surface area contributed by atoms with Crippen LogP contribution in [-0.4, -0.2) is 38.2 Å². The number of alkyl halides is 3. The van der Waals surface area contributed by atoms with Crippen LogP contribution < -0.4 is 0 Å². The van der Waals surface area contributed by atoms with E-state index in [2.05, 4.69) is 21.3 Å². The van der Waals surface area contributed by atoms with E-state index in [1.54, 1.807) is 0 Å². The van der Waals surface area contributed by atoms with Gasteiger partial charge in [-0.05, 0) is 6.07 Å². The van der Waals surface area contributed by atoms with Gasteiger partial charge in [-0.25, -0.2) is 5.06 Å². The van der Waals surface area contributed by atoms with Crippen LogP contribution in [0.3, 0.4) is 0 Å². The average molecular weight is 330 g/mol. The molecule has 0 radical (unpaired) electrons. The van der Waals surface area contributed by atoms with Crippen molar-refractivity contribution in [2.45, 2.75) is 25.8 Å². The van der Waals surface area contributed by atoms with Crippen LogP contribution in [0, 0.1) is 11.5 Å². The zero-order valence-electron chi connectivity index (χ0n) is 13.0. The van der Waals surface area contributed by atoms with Crippen molar-refractivity contribution in [3.05, 3.63) is 29.1 Å². The van der Waals surface area contributed by atoms with E-state index in [0.29, 0.717) is 5.06 Å². The van der Waals surface area contributed by atoms with Crippen molar-refractivity contribution in [1.29, 1.82) is 0 Å². The summed E-state index contributed by atoms with van der Waals surface area (Å²) in [5.41, 5.74) is 1.10. The molecule has 0 atom stereocenters. The minimum atomic E-state index is -4.75. The zero-order chi connectivity index (χ0) is 17.1. The van der Waals surface area contributed by atoms with Crippen LogP contribution in [0.15, 0.2) is 12.3 Å². The normalized spacial score (nSPS) is 11.6. The highest BCUT2D eigenvalue weighted by Crippen LogP contribution is 2.32. The fourth-order valence-corrected chi connectivity index (χ4v) is 2.00. The largest absolute Gasteiger partial charge is 0.434 e. The number of halogens is 3. The Morgan fingerprint density at radius 3 is 2.41 bits per heavy atom. The molecule has 0 aliphatic rings. The van der Waals surface area contributed by atoms with Crippen LogP contribution in [-0.2, 0) is 11.0 Å². The predicted molar refractivity (Wildman–Crippen MR) is 78.6 cm³/mol. The quantitative estimate of drug-likeness (QED) is 0.476. The van der Waals surface area contributed by atoms with Gasteiger partial charge in [-0.2, -0.15) is 13.2 Å². The van der Waals surface area contributed by atoms with Crippen LogP contribution >= 0.6 is 0 Å². The maximum Gasteiger partial charge on any atom is 0.434 e. The molecule has 0 fully saturated rings. The van der Waals surface area contributed by atoms with Crippen LogP contribution in [0.1, 0.15) is 21.6 Å². The van der Waals surface area contributed by atoms with E-state index in [0.717, 1.165) is 6.20 Å². The number of aromatic nitrogens is 1. The lowest BCUT2D eigenvalue weighted by atomic mass is 10.1. The molecule has 0 saturated carbocycles. The summed E-state index contributed by atoms with van der Waals surface area (Å²) in [6, 6.07) is 1.30. The third-order valence-corrected chi connectivity index (χ3v) is 3.44. The smallest absolute Gasteiger partial charge is 0.274 e. The molecule has 0 unspecified atom stereocenters. The summed E-state index contributed by atoms with van der Waals surface area (Å²) in [4.78, 5) is 20.2. The first kappa shape index (κ1) is 18.2. The number of rotatable bonds is 2. The maximum absolute atomic E-state index is 13.1. The van der Waals surface area contributed by atoms with E-state index >= 15 is 0 Å². The highest BCUT2D eigenvalue weighted by Gasteiger charge is 2.39. The molecular weight excluding hydrogens is 313 g/mol. The number of carbonyl (C=O) groups is 1. The number of hydrogen-bond acceptors (Lipinski definition) is 3. The Labute approximate surface area is 128 Å². The minimum Gasteiger partial charge on any atom is -0.274 e. The minimum absolute atomic E-state index is 0.00125. The van der Waals surface area contributed by atoms with Gasteiger partial charge in [-0.15, -0.1) is 5.54 Å². The molecule has 0 saturated heterocycles. The van der Waals surface area contributed by atoms with Gasteiger partial charge < -0.3 is 0 Å². The van der Waals surface area contributed by atoms with Gasteiger partial charge >= 0.3 is 6.18 Å². The Morgan fingerprint density at radius 1 is 1.36 bits per heavy atom. The number of hydroxylamine groups is 2. The molecular formula is C14H17F3N2O2Si. The van der Waals surface area contributed by atoms with Gasteiger partial charge in [0.2, 0.25) is 0 Å². The fraction of sp³-hybridized carbons (Fsp3) is 0.429. The Kier molecular flexibility index (Phi) is 5.38. The third kappa shape index (κ3) is 4.58. The fourth-order valence-electron chi connectivity index (χ4n) is 1.49. The molecule has 22 heavy (non-hydrogen) atoms. The van der Waals surface area contributed by atoms with Crippen molar-refractivity contribution in [3.8, 4) is 11.5 Å². The number of hydrogen-bond donors (Lipinski definition) is 0. The second kappa shape index (κ2) is 6.50. The molecule has 0 aliphatic carbocycles. The second-order valence-electron chi connectivity index (χ2n) is 5.57. The molecule has 120 valence electrons. The first-order chi connectivity index (χ1) is 9.97. The van der Waals surface area contributed by atoms with E-state index < -0.39 is 31.4 Å². The lowest BCUT2D eigenvalue weighted by Crippen LogP contribution is -2.29. The van der Waals surface area contributed by atoms with Gasteiger partial charge in [-0.3, -0.25) is 14.6 Å². The highest BCUT2D eigenvalue weighted by molar-refractivity contribution is 6.83. The SMILES string of the molecule is CON(C)C(=O)c1c(C#C[Si](C)(C)C)ccnc1C(F)(F)F. The molecule has 8 heteroatoms. The van der Waals surface area contributed by atoms with Gasteiger partial charge in [0, 0.05) is 18.8 Å². The third-order valence-electron chi connectivity index (χ3n) is 2.57. The van der Waals surface area contributed by atoms with Crippen molar-refractivity contribution < 1.29 is 22.8 Å². The van der Waals surface area contributed by atoms with E-state index in [-0.39, 0.29) is 5.56 Å². The van der Waals surface area contributed by atoms with Crippen LogP contribution in [0.5, 0.6) is 0 Å². The lowest BCUT2D eigenvalue weighted by Gasteiger charge is -2.18. The molecule has 0 aliphatic heterocycles. The summed E-state index contributed by atoms with van der Waals surface area (Å²) in [6.07, 6.45) is -3.75. The number of amides is 1. The van der Waals surface area contributed by atoms with Crippen LogP contribution in [0.2, 0.25) is 19.6 Å². The standard InChI is InChI=1S/C14H17F3N2O2Si/c1-19(21-2)13(20)11-10(7-9-22(3,4)5)6-8-18-12(11)14(15,16)17/h6,8H,1-5H3. The van der Waals surface area contributed by atoms with Gasteiger partial charge in [0.15, 0.2) is 5.69 Å². The molecule has 1 amide bonds. The molecule has 0 bridgehead atoms. The number of nitrogens with zero attached hydrogens (tertiary/aromatic N) is 2. The van der Waals surface area contributed by atoms with Crippen LogP contribution in [0.4, 0.5) is 13.2 Å². The molecule has 1 aromatic heterocycles. The van der Waals surface area contributed by atoms with Crippen molar-refractivity contribution >= 4 is 14.0 Å². The van der Waals surface area contributed by atoms with Crippen molar-refractivity contribution in [2.24, 2.45) is 0 Å². The zero-order valence-corrected chi connectivity index (χ0v) is 14.0. The van der Waals surface area contributed by atoms with Gasteiger partial charge in [0.25, 0.3) is 5.91 Å². The summed E-state index contributed by atoms with van der Waals surface area (Å²) >= 11 is 0. The average Bonchev–Trinajstić information content (AvgIpc) is 2.41. The first-order valence-electron chi connectivity index (χ1n) is 6.39. The van der Waals surface area contributed by atoms with E-state index in [1.807, 2.05) is 19.6 Å². The number of carbonyl (C=O) groups excluding carboxylic acids is 1. The highest BCUT2D eigenvalue weighted by atomic mass is 28.3. The molecule has 4 nitrogen and oxygen atoms in total. The number of pyridine rings is 1. The van der Waals surface area contributed by atoms with Gasteiger partial charge in [0.05, 0.1) is 12.7 Å². The molecule has 1 rings (SSSR count). The summed E-state index contributed by atoms with van der Waals surface area (Å²) in [5.74, 6) is 1.75. The maximum atomic E-state index is 13.1. The van der Waals surface area contributed by atoms with Gasteiger partial charge in [-0.1, -0.05) is 25.6 Å². The summed E-state index contributed by atoms with van der Waals surface area (Å²) < 4.78 is 39.4. The molecule has 0 N–H and O–H groups in total. The topological polar surface area (TPSA) is 42.4 Å². The Balaban J connectivity index is 3.57. The second-order valence-corrected chi connectivity index (χ2v) is 10.3. The lowest BCUT2D eigenvalue weighted by molar-refractivity contribution is -0.142. The van der Waals surface area contributed by atoms with E-state index in [4.69, 9.17) is 0 Å². The monoisotopic (exact) mass is 330 g/mol. The Hall–Kier alpha value is -1.85. The molecule has 0 spiro atoms. The van der Waals surface area contributed by atoms with Crippen LogP contribution in [0.25, 0.3) is 0 Å². The Morgan fingerprint density at radius 2 is 1.95 bits per heavy atom. The predicted octanol–water partition coefficient (Wildman–Crippen LogP) is 2.96. The van der Waals surface area contributed by atoms with Crippen molar-refractivity contribution in [2.75, 3.05) is 14.2 Å². The molecule has 1 heterocycles. The summed E-state index contributed by atoms with van der Waals surface area (Å²) in [7, 11) is 0.601. The molecule has 1 aromatic rings. The van der Waals surface area contributed by atoms with E-state index in [9.17, 15) is 18.0 Å². The van der Waals surface area contributed by atoms with Gasteiger partial charge in [0.1, 0.15) is 8.07 Å². The van der Waals surface area contributed by atoms with E-state index in [1.165, 1.54) is 20.2 Å². The first-order valence-corrected chi connectivity index (χ1v) is 9.89. The summed E-state index contributed by atoms with van der Waals surface area (Å²) in [5, 5.41) is 0.714. The molecule has 0 aromatic carbocycles. The van der Waals surface area contributed by atoms with Crippen molar-refractivity contribution in [1.82, 2.24) is 10.0 Å².